The maximum absolute atomic E-state index is 12.3. The molecule has 0 bridgehead atoms. The topological polar surface area (TPSA) is 106 Å². The van der Waals surface area contributed by atoms with Crippen molar-refractivity contribution in [1.29, 1.82) is 0 Å². The van der Waals surface area contributed by atoms with E-state index in [4.69, 9.17) is 5.73 Å². The summed E-state index contributed by atoms with van der Waals surface area (Å²) in [6.07, 6.45) is 0.243. The maximum Gasteiger partial charge on any atom is 0.235 e. The van der Waals surface area contributed by atoms with Crippen molar-refractivity contribution < 1.29 is 16.8 Å². The SMILES string of the molecule is Cc1cc(Br)c(NS(=O)(=O)C2CCS(=O)(=O)CC2)cc1N. The average Bonchev–Trinajstić information content (AvgIpc) is 2.35. The van der Waals surface area contributed by atoms with Crippen molar-refractivity contribution in [2.45, 2.75) is 25.0 Å². The molecule has 0 radical (unpaired) electrons. The van der Waals surface area contributed by atoms with Crippen LogP contribution in [0.4, 0.5) is 11.4 Å². The fourth-order valence-electron chi connectivity index (χ4n) is 2.18. The number of hydrogen-bond donors (Lipinski definition) is 2. The van der Waals surface area contributed by atoms with E-state index in [1.165, 1.54) is 0 Å². The van der Waals surface area contributed by atoms with Crippen LogP contribution in [0.5, 0.6) is 0 Å². The minimum atomic E-state index is -3.64. The number of nitrogens with two attached hydrogens (primary N) is 1. The summed E-state index contributed by atoms with van der Waals surface area (Å²) in [4.78, 5) is 0. The summed E-state index contributed by atoms with van der Waals surface area (Å²) in [5.41, 5.74) is 7.48. The Kier molecular flexibility index (Phi) is 4.55. The second kappa shape index (κ2) is 5.77. The normalized spacial score (nSPS) is 19.3. The van der Waals surface area contributed by atoms with Crippen LogP contribution in [0.1, 0.15) is 18.4 Å². The van der Waals surface area contributed by atoms with Crippen LogP contribution in [0.3, 0.4) is 0 Å². The zero-order valence-electron chi connectivity index (χ0n) is 11.5. The molecule has 1 saturated heterocycles. The zero-order valence-corrected chi connectivity index (χ0v) is 14.7. The number of anilines is 2. The van der Waals surface area contributed by atoms with Crippen molar-refractivity contribution in [1.82, 2.24) is 0 Å². The average molecular weight is 397 g/mol. The van der Waals surface area contributed by atoms with Gasteiger partial charge in [0.15, 0.2) is 0 Å². The van der Waals surface area contributed by atoms with E-state index >= 15 is 0 Å². The second-order valence-corrected chi connectivity index (χ2v) is 10.3. The number of benzene rings is 1. The first-order valence-electron chi connectivity index (χ1n) is 6.38. The van der Waals surface area contributed by atoms with Crippen LogP contribution < -0.4 is 10.5 Å². The third-order valence-corrected chi connectivity index (χ3v) is 7.77. The largest absolute Gasteiger partial charge is 0.398 e. The molecule has 1 aromatic rings. The number of aryl methyl sites for hydroxylation is 1. The Balaban J connectivity index is 2.21. The fourth-order valence-corrected chi connectivity index (χ4v) is 6.16. The molecule has 21 heavy (non-hydrogen) atoms. The Hall–Kier alpha value is -0.800. The first-order valence-corrected chi connectivity index (χ1v) is 10.5. The van der Waals surface area contributed by atoms with Gasteiger partial charge in [-0.1, -0.05) is 0 Å². The van der Waals surface area contributed by atoms with Crippen molar-refractivity contribution in [2.24, 2.45) is 0 Å². The van der Waals surface area contributed by atoms with Gasteiger partial charge in [-0.05, 0) is 53.4 Å². The highest BCUT2D eigenvalue weighted by molar-refractivity contribution is 9.10. The first-order chi connectivity index (χ1) is 9.61. The summed E-state index contributed by atoms with van der Waals surface area (Å²) in [6.45, 7) is 1.82. The van der Waals surface area contributed by atoms with Crippen LogP contribution in [0, 0.1) is 6.92 Å². The minimum absolute atomic E-state index is 0.0875. The smallest absolute Gasteiger partial charge is 0.235 e. The molecule has 3 N–H and O–H groups in total. The van der Waals surface area contributed by atoms with Crippen LogP contribution in [-0.2, 0) is 19.9 Å². The van der Waals surface area contributed by atoms with Gasteiger partial charge >= 0.3 is 0 Å². The van der Waals surface area contributed by atoms with E-state index in [1.807, 2.05) is 6.92 Å². The summed E-state index contributed by atoms with van der Waals surface area (Å²) in [6, 6.07) is 3.29. The lowest BCUT2D eigenvalue weighted by molar-refractivity contribution is 0.555. The van der Waals surface area contributed by atoms with Crippen LogP contribution in [0.25, 0.3) is 0 Å². The molecule has 0 aliphatic carbocycles. The molecule has 1 heterocycles. The van der Waals surface area contributed by atoms with Gasteiger partial charge in [-0.2, -0.15) is 0 Å². The van der Waals surface area contributed by atoms with Crippen molar-refractivity contribution in [3.8, 4) is 0 Å². The Bertz CT molecular complexity index is 746. The number of nitrogens with one attached hydrogen (secondary N) is 1. The van der Waals surface area contributed by atoms with Crippen LogP contribution >= 0.6 is 15.9 Å². The number of sulfone groups is 1. The number of halogens is 1. The summed E-state index contributed by atoms with van der Waals surface area (Å²) < 4.78 is 50.6. The lowest BCUT2D eigenvalue weighted by Crippen LogP contribution is -2.36. The predicted molar refractivity (Wildman–Crippen MR) is 87.5 cm³/mol. The van der Waals surface area contributed by atoms with E-state index in [0.29, 0.717) is 15.8 Å². The van der Waals surface area contributed by atoms with E-state index in [1.54, 1.807) is 12.1 Å². The molecule has 0 unspecified atom stereocenters. The Morgan fingerprint density at radius 2 is 1.86 bits per heavy atom. The number of rotatable bonds is 3. The molecule has 0 amide bonds. The molecule has 1 fully saturated rings. The molecule has 6 nitrogen and oxygen atoms in total. The fraction of sp³-hybridized carbons (Fsp3) is 0.500. The van der Waals surface area contributed by atoms with Crippen molar-refractivity contribution in [2.75, 3.05) is 22.0 Å². The third-order valence-electron chi connectivity index (χ3n) is 3.55. The van der Waals surface area contributed by atoms with E-state index < -0.39 is 25.1 Å². The molecule has 9 heteroatoms. The molecule has 1 aliphatic rings. The lowest BCUT2D eigenvalue weighted by atomic mass is 10.2. The summed E-state index contributed by atoms with van der Waals surface area (Å²) in [7, 11) is -6.73. The van der Waals surface area contributed by atoms with E-state index in [2.05, 4.69) is 20.7 Å². The van der Waals surface area contributed by atoms with Gasteiger partial charge in [-0.3, -0.25) is 4.72 Å². The molecule has 0 atom stereocenters. The highest BCUT2D eigenvalue weighted by Crippen LogP contribution is 2.30. The van der Waals surface area contributed by atoms with Gasteiger partial charge in [0.2, 0.25) is 10.0 Å². The summed E-state index contributed by atoms with van der Waals surface area (Å²) in [5.74, 6) is -0.175. The Labute approximate surface area is 133 Å². The molecule has 0 spiro atoms. The van der Waals surface area contributed by atoms with Crippen molar-refractivity contribution in [3.05, 3.63) is 22.2 Å². The molecular weight excluding hydrogens is 380 g/mol. The van der Waals surface area contributed by atoms with Crippen molar-refractivity contribution >= 4 is 47.2 Å². The van der Waals surface area contributed by atoms with Gasteiger partial charge in [0.05, 0.1) is 22.4 Å². The molecular formula is C12H17BrN2O4S2. The minimum Gasteiger partial charge on any atom is -0.398 e. The van der Waals surface area contributed by atoms with Gasteiger partial charge in [0, 0.05) is 10.2 Å². The van der Waals surface area contributed by atoms with Gasteiger partial charge in [-0.25, -0.2) is 16.8 Å². The molecule has 0 saturated carbocycles. The number of sulfonamides is 1. The monoisotopic (exact) mass is 396 g/mol. The van der Waals surface area contributed by atoms with Gasteiger partial charge in [-0.15, -0.1) is 0 Å². The highest BCUT2D eigenvalue weighted by atomic mass is 79.9. The van der Waals surface area contributed by atoms with Crippen LogP contribution in [-0.4, -0.2) is 33.6 Å². The predicted octanol–water partition coefficient (Wildman–Crippen LogP) is 1.66. The molecule has 118 valence electrons. The van der Waals surface area contributed by atoms with Crippen molar-refractivity contribution in [3.63, 3.8) is 0 Å². The van der Waals surface area contributed by atoms with E-state index in [-0.39, 0.29) is 24.3 Å². The standard InChI is InChI=1S/C12H17BrN2O4S2/c1-8-6-10(13)12(7-11(8)14)15-21(18,19)9-2-4-20(16,17)5-3-9/h6-7,9,15H,2-5,14H2,1H3. The Morgan fingerprint density at radius 1 is 1.29 bits per heavy atom. The van der Waals surface area contributed by atoms with Gasteiger partial charge < -0.3 is 5.73 Å². The zero-order chi connectivity index (χ0) is 15.8. The lowest BCUT2D eigenvalue weighted by Gasteiger charge is -2.23. The van der Waals surface area contributed by atoms with Crippen LogP contribution in [0.15, 0.2) is 16.6 Å². The first kappa shape index (κ1) is 16.6. The highest BCUT2D eigenvalue weighted by Gasteiger charge is 2.33. The molecule has 0 aromatic heterocycles. The summed E-state index contributed by atoms with van der Waals surface area (Å²) >= 11 is 3.30. The molecule has 1 aliphatic heterocycles. The number of hydrogen-bond acceptors (Lipinski definition) is 5. The van der Waals surface area contributed by atoms with Gasteiger partial charge in [0.25, 0.3) is 0 Å². The maximum atomic E-state index is 12.3. The molecule has 2 rings (SSSR count). The molecule has 1 aromatic carbocycles. The third kappa shape index (κ3) is 3.89. The van der Waals surface area contributed by atoms with E-state index in [9.17, 15) is 16.8 Å². The second-order valence-electron chi connectivity index (χ2n) is 5.19. The quantitative estimate of drug-likeness (QED) is 0.755. The van der Waals surface area contributed by atoms with E-state index in [0.717, 1.165) is 5.56 Å². The van der Waals surface area contributed by atoms with Gasteiger partial charge in [0.1, 0.15) is 9.84 Å². The summed E-state index contributed by atoms with van der Waals surface area (Å²) in [5, 5.41) is -0.699. The Morgan fingerprint density at radius 3 is 2.43 bits per heavy atom. The van der Waals surface area contributed by atoms with Crippen LogP contribution in [0.2, 0.25) is 0 Å². The number of nitrogen functional groups attached to an aromatic ring is 1.